The van der Waals surface area contributed by atoms with Gasteiger partial charge in [0.2, 0.25) is 0 Å². The van der Waals surface area contributed by atoms with Gasteiger partial charge in [-0.15, -0.1) is 0 Å². The molecule has 3 aromatic rings. The van der Waals surface area contributed by atoms with Crippen LogP contribution in [0.4, 0.5) is 0 Å². The molecule has 1 saturated carbocycles. The number of hydrogen-bond acceptors (Lipinski definition) is 3. The zero-order valence-corrected chi connectivity index (χ0v) is 14.9. The molecule has 0 saturated heterocycles. The van der Waals surface area contributed by atoms with E-state index in [4.69, 9.17) is 4.74 Å². The van der Waals surface area contributed by atoms with E-state index >= 15 is 0 Å². The van der Waals surface area contributed by atoms with E-state index in [-0.39, 0.29) is 11.5 Å². The van der Waals surface area contributed by atoms with Crippen molar-refractivity contribution in [1.82, 2.24) is 0 Å². The quantitative estimate of drug-likeness (QED) is 0.643. The first kappa shape index (κ1) is 16.6. The van der Waals surface area contributed by atoms with Gasteiger partial charge in [-0.2, -0.15) is 0 Å². The Bertz CT molecular complexity index is 951. The summed E-state index contributed by atoms with van der Waals surface area (Å²) in [6.45, 7) is 1.95. The van der Waals surface area contributed by atoms with E-state index in [0.717, 1.165) is 34.9 Å². The van der Waals surface area contributed by atoms with Crippen LogP contribution < -0.4 is 4.74 Å². The number of phenolic OH excluding ortho intramolecular Hbond substituents is 1. The molecule has 3 aromatic carbocycles. The van der Waals surface area contributed by atoms with Crippen molar-refractivity contribution in [2.75, 3.05) is 0 Å². The van der Waals surface area contributed by atoms with Gasteiger partial charge >= 0.3 is 0 Å². The minimum Gasteiger partial charge on any atom is -0.508 e. The van der Waals surface area contributed by atoms with E-state index in [1.807, 2.05) is 49.4 Å². The second-order valence-corrected chi connectivity index (χ2v) is 7.02. The van der Waals surface area contributed by atoms with Gasteiger partial charge in [-0.1, -0.05) is 18.2 Å². The van der Waals surface area contributed by atoms with Gasteiger partial charge in [-0.25, -0.2) is 0 Å². The topological polar surface area (TPSA) is 46.5 Å². The lowest BCUT2D eigenvalue weighted by Crippen LogP contribution is -2.11. The molecule has 3 heteroatoms. The van der Waals surface area contributed by atoms with Gasteiger partial charge in [0.05, 0.1) is 6.10 Å². The van der Waals surface area contributed by atoms with Crippen LogP contribution in [0.3, 0.4) is 0 Å². The van der Waals surface area contributed by atoms with Crippen LogP contribution >= 0.6 is 0 Å². The van der Waals surface area contributed by atoms with Crippen molar-refractivity contribution in [3.05, 3.63) is 71.3 Å². The summed E-state index contributed by atoms with van der Waals surface area (Å²) in [4.78, 5) is 12.9. The van der Waals surface area contributed by atoms with Crippen molar-refractivity contribution < 1.29 is 14.6 Å². The fourth-order valence-electron chi connectivity index (χ4n) is 3.76. The summed E-state index contributed by atoms with van der Waals surface area (Å²) in [5.74, 6) is 1.07. The smallest absolute Gasteiger partial charge is 0.193 e. The van der Waals surface area contributed by atoms with Crippen LogP contribution in [0, 0.1) is 6.92 Å². The van der Waals surface area contributed by atoms with Crippen LogP contribution in [-0.4, -0.2) is 17.0 Å². The molecule has 0 unspecified atom stereocenters. The van der Waals surface area contributed by atoms with Crippen LogP contribution in [0.1, 0.15) is 47.2 Å². The Kier molecular flexibility index (Phi) is 4.37. The van der Waals surface area contributed by atoms with Gasteiger partial charge in [0.1, 0.15) is 11.5 Å². The number of hydrogen-bond donors (Lipinski definition) is 1. The van der Waals surface area contributed by atoms with E-state index < -0.39 is 0 Å². The van der Waals surface area contributed by atoms with Crippen LogP contribution in [-0.2, 0) is 0 Å². The van der Waals surface area contributed by atoms with Gasteiger partial charge < -0.3 is 9.84 Å². The number of benzene rings is 3. The van der Waals surface area contributed by atoms with Crippen LogP contribution in [0.5, 0.6) is 11.5 Å². The molecule has 0 atom stereocenters. The van der Waals surface area contributed by atoms with Crippen molar-refractivity contribution in [2.24, 2.45) is 0 Å². The summed E-state index contributed by atoms with van der Waals surface area (Å²) in [5.41, 5.74) is 2.27. The standard InChI is InChI=1S/C23H22O3/c1-15-21-13-9-18(24)14-17(21)8-12-22(15)23(25)16-6-10-20(11-7-16)26-19-4-2-3-5-19/h6-14,19,24H,2-5H2,1H3. The van der Waals surface area contributed by atoms with Crippen molar-refractivity contribution in [1.29, 1.82) is 0 Å². The van der Waals surface area contributed by atoms with Crippen molar-refractivity contribution in [2.45, 2.75) is 38.7 Å². The molecule has 26 heavy (non-hydrogen) atoms. The lowest BCUT2D eigenvalue weighted by atomic mass is 9.94. The van der Waals surface area contributed by atoms with Gasteiger partial charge in [0.25, 0.3) is 0 Å². The van der Waals surface area contributed by atoms with E-state index in [0.29, 0.717) is 17.2 Å². The Hall–Kier alpha value is -2.81. The number of aryl methyl sites for hydroxylation is 1. The molecule has 0 radical (unpaired) electrons. The Labute approximate surface area is 153 Å². The molecular formula is C23H22O3. The van der Waals surface area contributed by atoms with Crippen molar-refractivity contribution in [3.63, 3.8) is 0 Å². The molecule has 0 heterocycles. The molecule has 132 valence electrons. The summed E-state index contributed by atoms with van der Waals surface area (Å²) in [5, 5.41) is 11.5. The van der Waals surface area contributed by atoms with Gasteiger partial charge in [0, 0.05) is 11.1 Å². The summed E-state index contributed by atoms with van der Waals surface area (Å²) < 4.78 is 5.97. The van der Waals surface area contributed by atoms with E-state index in [9.17, 15) is 9.90 Å². The number of carbonyl (C=O) groups excluding carboxylic acids is 1. The number of carbonyl (C=O) groups is 1. The van der Waals surface area contributed by atoms with Crippen LogP contribution in [0.25, 0.3) is 10.8 Å². The maximum atomic E-state index is 12.9. The highest BCUT2D eigenvalue weighted by Crippen LogP contribution is 2.28. The van der Waals surface area contributed by atoms with Gasteiger partial charge in [0.15, 0.2) is 5.78 Å². The molecule has 3 nitrogen and oxygen atoms in total. The first-order valence-corrected chi connectivity index (χ1v) is 9.15. The second kappa shape index (κ2) is 6.83. The number of ketones is 1. The number of aromatic hydroxyl groups is 1. The molecule has 0 spiro atoms. The Morgan fingerprint density at radius 1 is 1.00 bits per heavy atom. The van der Waals surface area contributed by atoms with Gasteiger partial charge in [-0.05, 0) is 85.3 Å². The number of phenols is 1. The minimum atomic E-state index is 0.00453. The minimum absolute atomic E-state index is 0.00453. The number of ether oxygens (including phenoxy) is 1. The third-order valence-electron chi connectivity index (χ3n) is 5.24. The largest absolute Gasteiger partial charge is 0.508 e. The molecule has 1 N–H and O–H groups in total. The summed E-state index contributed by atoms with van der Waals surface area (Å²) in [7, 11) is 0. The summed E-state index contributed by atoms with van der Waals surface area (Å²) in [6, 6.07) is 16.4. The molecule has 1 aliphatic rings. The number of rotatable bonds is 4. The molecule has 1 aliphatic carbocycles. The molecule has 0 bridgehead atoms. The Balaban J connectivity index is 1.59. The molecule has 0 aromatic heterocycles. The summed E-state index contributed by atoms with van der Waals surface area (Å²) in [6.07, 6.45) is 5.02. The Morgan fingerprint density at radius 3 is 2.46 bits per heavy atom. The van der Waals surface area contributed by atoms with Gasteiger partial charge in [-0.3, -0.25) is 4.79 Å². The predicted molar refractivity (Wildman–Crippen MR) is 103 cm³/mol. The SMILES string of the molecule is Cc1c(C(=O)c2ccc(OC3CCCC3)cc2)ccc2cc(O)ccc12. The number of fused-ring (bicyclic) bond motifs is 1. The normalized spacial score (nSPS) is 14.7. The lowest BCUT2D eigenvalue weighted by Gasteiger charge is -2.13. The van der Waals surface area contributed by atoms with E-state index in [2.05, 4.69) is 0 Å². The average Bonchev–Trinajstić information content (AvgIpc) is 3.15. The second-order valence-electron chi connectivity index (χ2n) is 7.02. The van der Waals surface area contributed by atoms with Crippen molar-refractivity contribution >= 4 is 16.6 Å². The zero-order valence-electron chi connectivity index (χ0n) is 14.9. The monoisotopic (exact) mass is 346 g/mol. The van der Waals surface area contributed by atoms with Crippen LogP contribution in [0.2, 0.25) is 0 Å². The highest BCUT2D eigenvalue weighted by atomic mass is 16.5. The predicted octanol–water partition coefficient (Wildman–Crippen LogP) is 5.41. The molecular weight excluding hydrogens is 324 g/mol. The lowest BCUT2D eigenvalue weighted by molar-refractivity contribution is 0.103. The van der Waals surface area contributed by atoms with Crippen LogP contribution in [0.15, 0.2) is 54.6 Å². The first-order valence-electron chi connectivity index (χ1n) is 9.15. The zero-order chi connectivity index (χ0) is 18.1. The third kappa shape index (κ3) is 3.17. The van der Waals surface area contributed by atoms with E-state index in [1.165, 1.54) is 12.8 Å². The first-order chi connectivity index (χ1) is 12.6. The fraction of sp³-hybridized carbons (Fsp3) is 0.261. The molecule has 0 aliphatic heterocycles. The molecule has 4 rings (SSSR count). The molecule has 1 fully saturated rings. The van der Waals surface area contributed by atoms with E-state index in [1.54, 1.807) is 12.1 Å². The maximum Gasteiger partial charge on any atom is 0.193 e. The summed E-state index contributed by atoms with van der Waals surface area (Å²) >= 11 is 0. The fourth-order valence-corrected chi connectivity index (χ4v) is 3.76. The highest BCUT2D eigenvalue weighted by Gasteiger charge is 2.17. The van der Waals surface area contributed by atoms with Crippen molar-refractivity contribution in [3.8, 4) is 11.5 Å². The average molecular weight is 346 g/mol. The third-order valence-corrected chi connectivity index (χ3v) is 5.24. The Morgan fingerprint density at radius 2 is 1.73 bits per heavy atom. The molecule has 0 amide bonds. The highest BCUT2D eigenvalue weighted by molar-refractivity contribution is 6.12. The maximum absolute atomic E-state index is 12.9.